The first-order valence-electron chi connectivity index (χ1n) is 10.8. The fraction of sp³-hybridized carbons (Fsp3) is 0.375. The van der Waals surface area contributed by atoms with E-state index in [2.05, 4.69) is 34.1 Å². The molecule has 0 fully saturated rings. The van der Waals surface area contributed by atoms with E-state index in [4.69, 9.17) is 0 Å². The summed E-state index contributed by atoms with van der Waals surface area (Å²) >= 11 is 0. The number of hydrogen-bond acceptors (Lipinski definition) is 4. The number of aromatic nitrogens is 3. The van der Waals surface area contributed by atoms with Crippen molar-refractivity contribution in [3.63, 3.8) is 0 Å². The Morgan fingerprint density at radius 1 is 1.18 bits per heavy atom. The molecule has 3 heterocycles. The predicted octanol–water partition coefficient (Wildman–Crippen LogP) is 4.48. The van der Waals surface area contributed by atoms with Gasteiger partial charge in [0.05, 0.1) is 29.1 Å². The lowest BCUT2D eigenvalue weighted by molar-refractivity contribution is -0.137. The number of aryl methyl sites for hydroxylation is 1. The molecule has 6 nitrogen and oxygen atoms in total. The number of rotatable bonds is 6. The quantitative estimate of drug-likeness (QED) is 0.593. The Bertz CT molecular complexity index is 1140. The smallest absolute Gasteiger partial charge is 0.348 e. The van der Waals surface area contributed by atoms with Gasteiger partial charge in [0, 0.05) is 44.6 Å². The predicted molar refractivity (Wildman–Crippen MR) is 117 cm³/mol. The topological polar surface area (TPSA) is 63.1 Å². The zero-order valence-corrected chi connectivity index (χ0v) is 18.7. The molecule has 4 rings (SSSR count). The Hall–Kier alpha value is -3.20. The molecule has 0 spiro atoms. The van der Waals surface area contributed by atoms with Gasteiger partial charge in [0.2, 0.25) is 0 Å². The van der Waals surface area contributed by atoms with Crippen molar-refractivity contribution < 1.29 is 18.0 Å². The van der Waals surface area contributed by atoms with Gasteiger partial charge in [0.15, 0.2) is 0 Å². The molecule has 33 heavy (non-hydrogen) atoms. The second-order valence-corrected chi connectivity index (χ2v) is 8.76. The summed E-state index contributed by atoms with van der Waals surface area (Å²) in [4.78, 5) is 19.5. The molecule has 1 atom stereocenters. The van der Waals surface area contributed by atoms with Crippen LogP contribution in [-0.4, -0.2) is 25.6 Å². The third-order valence-corrected chi connectivity index (χ3v) is 5.82. The van der Waals surface area contributed by atoms with Gasteiger partial charge in [-0.05, 0) is 35.2 Å². The van der Waals surface area contributed by atoms with E-state index in [1.807, 2.05) is 19.3 Å². The van der Waals surface area contributed by atoms with Gasteiger partial charge in [0.25, 0.3) is 5.91 Å². The maximum absolute atomic E-state index is 12.9. The molecule has 1 aliphatic rings. The summed E-state index contributed by atoms with van der Waals surface area (Å²) in [5.74, 6) is 0.0369. The average Bonchev–Trinajstić information content (AvgIpc) is 3.33. The van der Waals surface area contributed by atoms with Crippen molar-refractivity contribution in [1.82, 2.24) is 25.0 Å². The molecule has 1 aromatic carbocycles. The normalized spacial score (nSPS) is 16.3. The van der Waals surface area contributed by atoms with Gasteiger partial charge >= 0.3 is 6.18 Å². The zero-order chi connectivity index (χ0) is 23.8. The molecule has 0 aliphatic carbocycles. The molecular formula is C24H26F3N5O. The second-order valence-electron chi connectivity index (χ2n) is 8.76. The van der Waals surface area contributed by atoms with Crippen LogP contribution in [0.15, 0.2) is 48.9 Å². The van der Waals surface area contributed by atoms with Crippen LogP contribution < -0.4 is 5.32 Å². The van der Waals surface area contributed by atoms with Crippen LogP contribution in [0.1, 0.15) is 58.2 Å². The van der Waals surface area contributed by atoms with Crippen LogP contribution in [-0.2, 0) is 32.9 Å². The van der Waals surface area contributed by atoms with E-state index in [0.29, 0.717) is 25.2 Å². The van der Waals surface area contributed by atoms with Gasteiger partial charge in [-0.2, -0.15) is 18.3 Å². The van der Waals surface area contributed by atoms with E-state index in [1.54, 1.807) is 17.1 Å². The van der Waals surface area contributed by atoms with Gasteiger partial charge < -0.3 is 5.32 Å². The molecular weight excluding hydrogens is 431 g/mol. The van der Waals surface area contributed by atoms with E-state index in [1.165, 1.54) is 12.1 Å². The Morgan fingerprint density at radius 2 is 1.91 bits per heavy atom. The van der Waals surface area contributed by atoms with E-state index in [-0.39, 0.29) is 17.9 Å². The minimum absolute atomic E-state index is 0.0230. The van der Waals surface area contributed by atoms with Crippen LogP contribution >= 0.6 is 0 Å². The van der Waals surface area contributed by atoms with Gasteiger partial charge in [-0.25, -0.2) is 0 Å². The minimum atomic E-state index is -4.35. The highest BCUT2D eigenvalue weighted by Gasteiger charge is 2.35. The van der Waals surface area contributed by atoms with Crippen LogP contribution in [0.2, 0.25) is 0 Å². The summed E-state index contributed by atoms with van der Waals surface area (Å²) in [6, 6.07) is 7.16. The number of nitrogens with one attached hydrogen (secondary N) is 1. The third kappa shape index (κ3) is 5.08. The molecule has 1 aliphatic heterocycles. The Morgan fingerprint density at radius 3 is 2.52 bits per heavy atom. The lowest BCUT2D eigenvalue weighted by Crippen LogP contribution is -2.25. The number of carbonyl (C=O) groups is 1. The second kappa shape index (κ2) is 8.97. The fourth-order valence-electron chi connectivity index (χ4n) is 4.30. The average molecular weight is 458 g/mol. The lowest BCUT2D eigenvalue weighted by atomic mass is 9.99. The van der Waals surface area contributed by atoms with Gasteiger partial charge in [-0.3, -0.25) is 19.4 Å². The van der Waals surface area contributed by atoms with Crippen LogP contribution in [0.25, 0.3) is 0 Å². The maximum atomic E-state index is 12.9. The number of alkyl halides is 3. The van der Waals surface area contributed by atoms with E-state index in [0.717, 1.165) is 34.5 Å². The van der Waals surface area contributed by atoms with Crippen LogP contribution in [0.3, 0.4) is 0 Å². The number of pyridine rings is 1. The van der Waals surface area contributed by atoms with Crippen molar-refractivity contribution in [3.8, 4) is 0 Å². The van der Waals surface area contributed by atoms with E-state index >= 15 is 0 Å². The summed E-state index contributed by atoms with van der Waals surface area (Å²) in [5, 5.41) is 6.98. The van der Waals surface area contributed by atoms with Crippen molar-refractivity contribution in [2.75, 3.05) is 0 Å². The largest absolute Gasteiger partial charge is 0.416 e. The molecule has 2 aromatic heterocycles. The molecule has 1 N–H and O–H groups in total. The SMILES string of the molecule is CC(C)C1c2ncc(C(=O)NCc3cnn(C)c3)cc2CN1Cc1ccc(C(F)(F)F)cc1. The number of fused-ring (bicyclic) bond motifs is 1. The summed E-state index contributed by atoms with van der Waals surface area (Å²) in [7, 11) is 1.82. The number of halogens is 3. The Labute approximate surface area is 190 Å². The molecule has 0 bridgehead atoms. The lowest BCUT2D eigenvalue weighted by Gasteiger charge is -2.27. The van der Waals surface area contributed by atoms with Crippen LogP contribution in [0.4, 0.5) is 13.2 Å². The highest BCUT2D eigenvalue weighted by Crippen LogP contribution is 2.39. The molecule has 0 saturated heterocycles. The van der Waals surface area contributed by atoms with Gasteiger partial charge in [-0.15, -0.1) is 0 Å². The highest BCUT2D eigenvalue weighted by molar-refractivity contribution is 5.94. The molecule has 1 amide bonds. The van der Waals surface area contributed by atoms with E-state index in [9.17, 15) is 18.0 Å². The minimum Gasteiger partial charge on any atom is -0.348 e. The van der Waals surface area contributed by atoms with Crippen molar-refractivity contribution in [2.45, 2.75) is 45.7 Å². The molecule has 3 aromatic rings. The Kier molecular flexibility index (Phi) is 6.25. The standard InChI is InChI=1S/C24H26F3N5O/c1-15(2)22-21-19(14-32(22)13-16-4-6-20(7-5-16)24(25,26)27)8-18(11-28-21)23(33)29-9-17-10-30-31(3)12-17/h4-8,10-12,15,22H,9,13-14H2,1-3H3,(H,29,33). The number of amides is 1. The molecule has 9 heteroatoms. The van der Waals surface area contributed by atoms with Crippen LogP contribution in [0.5, 0.6) is 0 Å². The number of carbonyl (C=O) groups excluding carboxylic acids is 1. The van der Waals surface area contributed by atoms with E-state index < -0.39 is 11.7 Å². The first-order valence-corrected chi connectivity index (χ1v) is 10.8. The molecule has 0 radical (unpaired) electrons. The van der Waals surface area contributed by atoms with Crippen LogP contribution in [0, 0.1) is 5.92 Å². The summed E-state index contributed by atoms with van der Waals surface area (Å²) in [6.07, 6.45) is 0.788. The van der Waals surface area contributed by atoms with Gasteiger partial charge in [-0.1, -0.05) is 26.0 Å². The maximum Gasteiger partial charge on any atom is 0.416 e. The van der Waals surface area contributed by atoms with Crippen molar-refractivity contribution >= 4 is 5.91 Å². The monoisotopic (exact) mass is 457 g/mol. The van der Waals surface area contributed by atoms with Crippen molar-refractivity contribution in [2.24, 2.45) is 13.0 Å². The summed E-state index contributed by atoms with van der Waals surface area (Å²) in [6.45, 7) is 5.64. The number of hydrogen-bond donors (Lipinski definition) is 1. The fourth-order valence-corrected chi connectivity index (χ4v) is 4.30. The summed E-state index contributed by atoms with van der Waals surface area (Å²) < 4.78 is 40.3. The number of benzene rings is 1. The van der Waals surface area contributed by atoms with Crippen molar-refractivity contribution in [3.05, 3.63) is 82.4 Å². The molecule has 1 unspecified atom stereocenters. The first kappa shape index (κ1) is 23.0. The molecule has 0 saturated carbocycles. The Balaban J connectivity index is 1.48. The third-order valence-electron chi connectivity index (χ3n) is 5.82. The summed E-state index contributed by atoms with van der Waals surface area (Å²) in [5.41, 5.74) is 3.42. The number of nitrogens with zero attached hydrogens (tertiary/aromatic N) is 4. The zero-order valence-electron chi connectivity index (χ0n) is 18.7. The first-order chi connectivity index (χ1) is 15.6. The highest BCUT2D eigenvalue weighted by atomic mass is 19.4. The molecule has 174 valence electrons. The van der Waals surface area contributed by atoms with Crippen molar-refractivity contribution in [1.29, 1.82) is 0 Å². The van der Waals surface area contributed by atoms with Gasteiger partial charge in [0.1, 0.15) is 0 Å².